The molecule has 104 valence electrons. The maximum atomic E-state index is 6.07. The Labute approximate surface area is 117 Å². The van der Waals surface area contributed by atoms with Gasteiger partial charge in [-0.25, -0.2) is 9.67 Å². The maximum Gasteiger partial charge on any atom is 0.148 e. The third kappa shape index (κ3) is 2.73. The summed E-state index contributed by atoms with van der Waals surface area (Å²) < 4.78 is 1.90. The van der Waals surface area contributed by atoms with Crippen LogP contribution in [0.25, 0.3) is 0 Å². The number of nitrogens with one attached hydrogen (secondary N) is 1. The lowest BCUT2D eigenvalue weighted by Crippen LogP contribution is -2.12. The second kappa shape index (κ2) is 5.61. The average molecular weight is 279 g/mol. The summed E-state index contributed by atoms with van der Waals surface area (Å²) in [5.74, 6) is 0.890. The van der Waals surface area contributed by atoms with Crippen LogP contribution in [0.5, 0.6) is 0 Å². The number of anilines is 2. The van der Waals surface area contributed by atoms with Crippen molar-refractivity contribution in [3.8, 4) is 0 Å². The molecule has 0 saturated carbocycles. The summed E-state index contributed by atoms with van der Waals surface area (Å²) in [6.45, 7) is 9.02. The lowest BCUT2D eigenvalue weighted by molar-refractivity contribution is 0.651. The van der Waals surface area contributed by atoms with Crippen LogP contribution < -0.4 is 11.1 Å². The summed E-state index contributed by atoms with van der Waals surface area (Å²) in [7, 11) is 0. The number of hydrogen-bond donors (Lipinski definition) is 2. The van der Waals surface area contributed by atoms with Crippen molar-refractivity contribution >= 4 is 22.8 Å². The van der Waals surface area contributed by atoms with E-state index in [1.165, 1.54) is 4.88 Å². The largest absolute Gasteiger partial charge is 0.394 e. The van der Waals surface area contributed by atoms with Crippen LogP contribution in [0.15, 0.2) is 6.20 Å². The molecule has 0 aliphatic carbocycles. The van der Waals surface area contributed by atoms with Crippen molar-refractivity contribution in [2.45, 2.75) is 46.7 Å². The SMILES string of the molecule is CCc1cnc(C(C)Nc2c(N)c(C)nn2CC)s1. The fourth-order valence-electron chi connectivity index (χ4n) is 1.93. The summed E-state index contributed by atoms with van der Waals surface area (Å²) >= 11 is 1.74. The first kappa shape index (κ1) is 13.9. The molecule has 3 N–H and O–H groups in total. The van der Waals surface area contributed by atoms with Crippen molar-refractivity contribution in [2.24, 2.45) is 0 Å². The standard InChI is InChI=1S/C13H21N5S/c1-5-10-7-15-13(19-10)9(4)16-12-11(14)8(3)17-18(12)6-2/h7,9,16H,5-6,14H2,1-4H3. The van der Waals surface area contributed by atoms with Crippen LogP contribution in [0.1, 0.15) is 42.4 Å². The number of aromatic nitrogens is 3. The second-order valence-corrected chi connectivity index (χ2v) is 5.69. The molecule has 0 aliphatic rings. The highest BCUT2D eigenvalue weighted by atomic mass is 32.1. The van der Waals surface area contributed by atoms with E-state index in [1.807, 2.05) is 17.8 Å². The number of aryl methyl sites for hydroxylation is 3. The first-order chi connectivity index (χ1) is 9.06. The van der Waals surface area contributed by atoms with Gasteiger partial charge in [-0.2, -0.15) is 5.10 Å². The number of rotatable bonds is 5. The van der Waals surface area contributed by atoms with E-state index in [1.54, 1.807) is 11.3 Å². The number of nitrogen functional groups attached to an aromatic ring is 1. The molecule has 0 radical (unpaired) electrons. The Hall–Kier alpha value is -1.56. The van der Waals surface area contributed by atoms with Gasteiger partial charge in [0.05, 0.1) is 17.4 Å². The highest BCUT2D eigenvalue weighted by Gasteiger charge is 2.16. The molecule has 2 aromatic heterocycles. The number of hydrogen-bond acceptors (Lipinski definition) is 5. The molecule has 2 heterocycles. The fraction of sp³-hybridized carbons (Fsp3) is 0.538. The van der Waals surface area contributed by atoms with Gasteiger partial charge in [0, 0.05) is 17.6 Å². The Morgan fingerprint density at radius 3 is 2.79 bits per heavy atom. The third-order valence-electron chi connectivity index (χ3n) is 3.12. The first-order valence-electron chi connectivity index (χ1n) is 6.60. The van der Waals surface area contributed by atoms with E-state index in [0.717, 1.165) is 35.2 Å². The van der Waals surface area contributed by atoms with Gasteiger partial charge in [-0.3, -0.25) is 0 Å². The van der Waals surface area contributed by atoms with E-state index < -0.39 is 0 Å². The minimum Gasteiger partial charge on any atom is -0.394 e. The molecule has 19 heavy (non-hydrogen) atoms. The molecular formula is C13H21N5S. The summed E-state index contributed by atoms with van der Waals surface area (Å²) in [4.78, 5) is 5.76. The van der Waals surface area contributed by atoms with Crippen molar-refractivity contribution in [3.63, 3.8) is 0 Å². The summed E-state index contributed by atoms with van der Waals surface area (Å²) in [5.41, 5.74) is 7.66. The predicted molar refractivity (Wildman–Crippen MR) is 80.6 cm³/mol. The molecule has 5 nitrogen and oxygen atoms in total. The monoisotopic (exact) mass is 279 g/mol. The number of thiazole rings is 1. The molecule has 1 atom stereocenters. The minimum absolute atomic E-state index is 0.133. The number of nitrogens with two attached hydrogens (primary N) is 1. The van der Waals surface area contributed by atoms with Crippen molar-refractivity contribution in [3.05, 3.63) is 21.8 Å². The molecule has 0 aliphatic heterocycles. The fourth-order valence-corrected chi connectivity index (χ4v) is 2.79. The lowest BCUT2D eigenvalue weighted by atomic mass is 10.3. The summed E-state index contributed by atoms with van der Waals surface area (Å²) in [6, 6.07) is 0.133. The normalized spacial score (nSPS) is 12.6. The van der Waals surface area contributed by atoms with Gasteiger partial charge in [-0.05, 0) is 27.2 Å². The van der Waals surface area contributed by atoms with Gasteiger partial charge in [-0.15, -0.1) is 11.3 Å². The maximum absolute atomic E-state index is 6.07. The zero-order valence-electron chi connectivity index (χ0n) is 11.9. The molecule has 0 fully saturated rings. The molecule has 0 aromatic carbocycles. The van der Waals surface area contributed by atoms with Gasteiger partial charge in [0.25, 0.3) is 0 Å². The first-order valence-corrected chi connectivity index (χ1v) is 7.42. The molecule has 2 rings (SSSR count). The molecule has 1 unspecified atom stereocenters. The van der Waals surface area contributed by atoms with E-state index in [4.69, 9.17) is 5.73 Å². The Morgan fingerprint density at radius 2 is 2.21 bits per heavy atom. The zero-order valence-corrected chi connectivity index (χ0v) is 12.7. The van der Waals surface area contributed by atoms with Crippen LogP contribution in [0, 0.1) is 6.92 Å². The van der Waals surface area contributed by atoms with Crippen LogP contribution in [0.3, 0.4) is 0 Å². The molecule has 0 amide bonds. The summed E-state index contributed by atoms with van der Waals surface area (Å²) in [6.07, 6.45) is 2.97. The molecular weight excluding hydrogens is 258 g/mol. The minimum atomic E-state index is 0.133. The molecule has 0 spiro atoms. The van der Waals surface area contributed by atoms with Crippen LogP contribution in [0.2, 0.25) is 0 Å². The van der Waals surface area contributed by atoms with Gasteiger partial charge in [-0.1, -0.05) is 6.92 Å². The van der Waals surface area contributed by atoms with E-state index in [9.17, 15) is 0 Å². The van der Waals surface area contributed by atoms with Crippen molar-refractivity contribution in [2.75, 3.05) is 11.1 Å². The van der Waals surface area contributed by atoms with Crippen molar-refractivity contribution < 1.29 is 0 Å². The van der Waals surface area contributed by atoms with Gasteiger partial charge in [0.15, 0.2) is 0 Å². The Kier molecular flexibility index (Phi) is 4.09. The smallest absolute Gasteiger partial charge is 0.148 e. The second-order valence-electron chi connectivity index (χ2n) is 4.55. The van der Waals surface area contributed by atoms with E-state index in [0.29, 0.717) is 0 Å². The summed E-state index contributed by atoms with van der Waals surface area (Å²) in [5, 5.41) is 8.92. The highest BCUT2D eigenvalue weighted by Crippen LogP contribution is 2.28. The molecule has 2 aromatic rings. The van der Waals surface area contributed by atoms with Crippen LogP contribution in [0.4, 0.5) is 11.5 Å². The van der Waals surface area contributed by atoms with Crippen LogP contribution in [-0.2, 0) is 13.0 Å². The van der Waals surface area contributed by atoms with Crippen LogP contribution >= 0.6 is 11.3 Å². The number of nitrogens with zero attached hydrogens (tertiary/aromatic N) is 3. The lowest BCUT2D eigenvalue weighted by Gasteiger charge is -2.14. The molecule has 0 bridgehead atoms. The Bertz CT molecular complexity index is 557. The third-order valence-corrected chi connectivity index (χ3v) is 4.44. The van der Waals surface area contributed by atoms with Crippen molar-refractivity contribution in [1.29, 1.82) is 0 Å². The quantitative estimate of drug-likeness (QED) is 0.883. The zero-order chi connectivity index (χ0) is 14.0. The van der Waals surface area contributed by atoms with Gasteiger partial charge >= 0.3 is 0 Å². The predicted octanol–water partition coefficient (Wildman–Crippen LogP) is 2.99. The Balaban J connectivity index is 2.20. The van der Waals surface area contributed by atoms with E-state index in [-0.39, 0.29) is 6.04 Å². The highest BCUT2D eigenvalue weighted by molar-refractivity contribution is 7.11. The van der Waals surface area contributed by atoms with Gasteiger partial charge < -0.3 is 11.1 Å². The van der Waals surface area contributed by atoms with Gasteiger partial charge in [0.1, 0.15) is 10.8 Å². The molecule has 6 heteroatoms. The average Bonchev–Trinajstić information content (AvgIpc) is 2.98. The Morgan fingerprint density at radius 1 is 1.47 bits per heavy atom. The van der Waals surface area contributed by atoms with E-state index >= 15 is 0 Å². The van der Waals surface area contributed by atoms with Gasteiger partial charge in [0.2, 0.25) is 0 Å². The van der Waals surface area contributed by atoms with Crippen LogP contribution in [-0.4, -0.2) is 14.8 Å². The molecule has 0 saturated heterocycles. The topological polar surface area (TPSA) is 68.8 Å². The van der Waals surface area contributed by atoms with E-state index in [2.05, 4.69) is 36.2 Å². The van der Waals surface area contributed by atoms with Crippen molar-refractivity contribution in [1.82, 2.24) is 14.8 Å².